The normalized spacial score (nSPS) is 10.5. The molecule has 25 heavy (non-hydrogen) atoms. The van der Waals surface area contributed by atoms with Crippen LogP contribution in [-0.4, -0.2) is 24.0 Å². The van der Waals surface area contributed by atoms with Gasteiger partial charge in [-0.1, -0.05) is 18.2 Å². The fourth-order valence-corrected chi connectivity index (χ4v) is 3.09. The van der Waals surface area contributed by atoms with Gasteiger partial charge in [0, 0.05) is 5.56 Å². The molecule has 1 amide bonds. The van der Waals surface area contributed by atoms with Crippen molar-refractivity contribution in [3.05, 3.63) is 58.8 Å². The van der Waals surface area contributed by atoms with Crippen LogP contribution in [0.25, 0.3) is 11.5 Å². The number of aromatic nitrogens is 1. The molecule has 2 aromatic heterocycles. The van der Waals surface area contributed by atoms with Gasteiger partial charge in [0.25, 0.3) is 0 Å². The molecule has 0 radical (unpaired) electrons. The van der Waals surface area contributed by atoms with Crippen LogP contribution in [0.4, 0.5) is 5.00 Å². The van der Waals surface area contributed by atoms with Gasteiger partial charge in [0.1, 0.15) is 10.6 Å². The van der Waals surface area contributed by atoms with Crippen LogP contribution >= 0.6 is 11.3 Å². The molecule has 0 bridgehead atoms. The van der Waals surface area contributed by atoms with E-state index in [4.69, 9.17) is 4.42 Å². The molecule has 0 saturated heterocycles. The monoisotopic (exact) mass is 356 g/mol. The molecule has 3 aromatic rings. The standard InChI is InChI=1S/C18H16N2O4S/c1-11-13(19-17(24-11)12-6-4-3-5-7-12)10-15(21)20-16-9-8-14(25-16)18(22)23-2/h3-9H,10H2,1-2H3,(H,20,21). The molecule has 0 aliphatic heterocycles. The van der Waals surface area contributed by atoms with E-state index < -0.39 is 5.97 Å². The maximum atomic E-state index is 12.2. The number of nitrogens with zero attached hydrogens (tertiary/aromatic N) is 1. The number of esters is 1. The van der Waals surface area contributed by atoms with Crippen molar-refractivity contribution in [1.82, 2.24) is 4.98 Å². The number of hydrogen-bond donors (Lipinski definition) is 1. The zero-order valence-electron chi connectivity index (χ0n) is 13.7. The van der Waals surface area contributed by atoms with Crippen molar-refractivity contribution < 1.29 is 18.7 Å². The molecule has 2 heterocycles. The van der Waals surface area contributed by atoms with Crippen LogP contribution < -0.4 is 5.32 Å². The first-order chi connectivity index (χ1) is 12.1. The van der Waals surface area contributed by atoms with Crippen molar-refractivity contribution in [2.24, 2.45) is 0 Å². The summed E-state index contributed by atoms with van der Waals surface area (Å²) >= 11 is 1.16. The zero-order chi connectivity index (χ0) is 17.8. The molecular weight excluding hydrogens is 340 g/mol. The third-order valence-electron chi connectivity index (χ3n) is 3.50. The van der Waals surface area contributed by atoms with Crippen LogP contribution in [0, 0.1) is 6.92 Å². The number of thiophene rings is 1. The maximum absolute atomic E-state index is 12.2. The van der Waals surface area contributed by atoms with Crippen molar-refractivity contribution in [2.45, 2.75) is 13.3 Å². The van der Waals surface area contributed by atoms with Crippen molar-refractivity contribution >= 4 is 28.2 Å². The Morgan fingerprint density at radius 2 is 1.96 bits per heavy atom. The molecule has 0 aliphatic carbocycles. The minimum absolute atomic E-state index is 0.0909. The SMILES string of the molecule is COC(=O)c1ccc(NC(=O)Cc2nc(-c3ccccc3)oc2C)s1. The highest BCUT2D eigenvalue weighted by molar-refractivity contribution is 7.18. The second kappa shape index (κ2) is 7.31. The number of methoxy groups -OCH3 is 1. The van der Waals surface area contributed by atoms with Gasteiger partial charge in [0.2, 0.25) is 11.8 Å². The second-order valence-corrected chi connectivity index (χ2v) is 6.35. The van der Waals surface area contributed by atoms with Gasteiger partial charge in [-0.05, 0) is 31.2 Å². The predicted octanol–water partition coefficient (Wildman–Crippen LogP) is 3.68. The van der Waals surface area contributed by atoms with Crippen molar-refractivity contribution in [1.29, 1.82) is 0 Å². The topological polar surface area (TPSA) is 81.4 Å². The van der Waals surface area contributed by atoms with Gasteiger partial charge in [-0.15, -0.1) is 11.3 Å². The number of oxazole rings is 1. The van der Waals surface area contributed by atoms with E-state index in [1.54, 1.807) is 19.1 Å². The lowest BCUT2D eigenvalue weighted by molar-refractivity contribution is -0.115. The molecule has 128 valence electrons. The Hall–Kier alpha value is -2.93. The summed E-state index contributed by atoms with van der Waals surface area (Å²) in [6.45, 7) is 1.78. The third-order valence-corrected chi connectivity index (χ3v) is 4.48. The number of hydrogen-bond acceptors (Lipinski definition) is 6. The summed E-state index contributed by atoms with van der Waals surface area (Å²) in [7, 11) is 1.32. The van der Waals surface area contributed by atoms with Crippen molar-refractivity contribution in [3.8, 4) is 11.5 Å². The Labute approximate surface area is 148 Å². The molecule has 0 spiro atoms. The summed E-state index contributed by atoms with van der Waals surface area (Å²) in [5.41, 5.74) is 1.44. The molecule has 7 heteroatoms. The largest absolute Gasteiger partial charge is 0.465 e. The molecule has 0 unspecified atom stereocenters. The lowest BCUT2D eigenvalue weighted by Gasteiger charge is -2.00. The highest BCUT2D eigenvalue weighted by Crippen LogP contribution is 2.24. The number of amides is 1. The second-order valence-electron chi connectivity index (χ2n) is 5.27. The number of carbonyl (C=O) groups is 2. The Balaban J connectivity index is 1.68. The summed E-state index contributed by atoms with van der Waals surface area (Å²) in [6, 6.07) is 12.8. The summed E-state index contributed by atoms with van der Waals surface area (Å²) < 4.78 is 10.3. The minimum Gasteiger partial charge on any atom is -0.465 e. The minimum atomic E-state index is -0.426. The Bertz CT molecular complexity index is 899. The van der Waals surface area contributed by atoms with Crippen LogP contribution in [-0.2, 0) is 16.0 Å². The molecule has 1 aromatic carbocycles. The number of anilines is 1. The molecule has 0 fully saturated rings. The quantitative estimate of drug-likeness (QED) is 0.705. The number of aryl methyl sites for hydroxylation is 1. The van der Waals surface area contributed by atoms with Crippen LogP contribution in [0.2, 0.25) is 0 Å². The fraction of sp³-hybridized carbons (Fsp3) is 0.167. The number of rotatable bonds is 5. The Morgan fingerprint density at radius 3 is 2.68 bits per heavy atom. The molecule has 0 aliphatic rings. The molecule has 6 nitrogen and oxygen atoms in total. The highest BCUT2D eigenvalue weighted by atomic mass is 32.1. The molecule has 1 N–H and O–H groups in total. The highest BCUT2D eigenvalue weighted by Gasteiger charge is 2.16. The Kier molecular flexibility index (Phi) is 4.95. The lowest BCUT2D eigenvalue weighted by atomic mass is 10.2. The van der Waals surface area contributed by atoms with Crippen LogP contribution in [0.15, 0.2) is 46.9 Å². The van der Waals surface area contributed by atoms with Gasteiger partial charge >= 0.3 is 5.97 Å². The summed E-state index contributed by atoms with van der Waals surface area (Å²) in [6.07, 6.45) is 0.0909. The van der Waals surface area contributed by atoms with Crippen molar-refractivity contribution in [3.63, 3.8) is 0 Å². The van der Waals surface area contributed by atoms with Gasteiger partial charge in [-0.25, -0.2) is 9.78 Å². The molecule has 3 rings (SSSR count). The average molecular weight is 356 g/mol. The average Bonchev–Trinajstić information content (AvgIpc) is 3.22. The van der Waals surface area contributed by atoms with Crippen molar-refractivity contribution in [2.75, 3.05) is 12.4 Å². The number of benzene rings is 1. The van der Waals surface area contributed by atoms with E-state index in [9.17, 15) is 9.59 Å². The van der Waals surface area contributed by atoms with E-state index in [1.807, 2.05) is 30.3 Å². The predicted molar refractivity (Wildman–Crippen MR) is 94.7 cm³/mol. The van der Waals surface area contributed by atoms with Gasteiger partial charge in [-0.2, -0.15) is 0 Å². The number of ether oxygens (including phenoxy) is 1. The number of carbonyl (C=O) groups excluding carboxylic acids is 2. The fourth-order valence-electron chi connectivity index (χ4n) is 2.25. The third kappa shape index (κ3) is 3.95. The van der Waals surface area contributed by atoms with E-state index >= 15 is 0 Å². The van der Waals surface area contributed by atoms with Gasteiger partial charge < -0.3 is 14.5 Å². The summed E-state index contributed by atoms with van der Waals surface area (Å²) in [4.78, 5) is 28.5. The zero-order valence-corrected chi connectivity index (χ0v) is 14.6. The smallest absolute Gasteiger partial charge is 0.348 e. The first-order valence-corrected chi connectivity index (χ1v) is 8.38. The van der Waals surface area contributed by atoms with Gasteiger partial charge in [-0.3, -0.25) is 4.79 Å². The first-order valence-electron chi connectivity index (χ1n) is 7.56. The first kappa shape index (κ1) is 16.9. The maximum Gasteiger partial charge on any atom is 0.348 e. The van der Waals surface area contributed by atoms with Crippen LogP contribution in [0.3, 0.4) is 0 Å². The van der Waals surface area contributed by atoms with Gasteiger partial charge in [0.05, 0.1) is 24.2 Å². The van der Waals surface area contributed by atoms with E-state index in [0.717, 1.165) is 16.9 Å². The van der Waals surface area contributed by atoms with E-state index in [0.29, 0.717) is 27.2 Å². The van der Waals surface area contributed by atoms with E-state index in [1.165, 1.54) is 7.11 Å². The van der Waals surface area contributed by atoms with Gasteiger partial charge in [0.15, 0.2) is 0 Å². The lowest BCUT2D eigenvalue weighted by Crippen LogP contribution is -2.14. The summed E-state index contributed by atoms with van der Waals surface area (Å²) in [5, 5.41) is 3.33. The Morgan fingerprint density at radius 1 is 1.20 bits per heavy atom. The molecular formula is C18H16N2O4S. The number of nitrogens with one attached hydrogen (secondary N) is 1. The van der Waals surface area contributed by atoms with Crippen LogP contribution in [0.5, 0.6) is 0 Å². The van der Waals surface area contributed by atoms with E-state index in [2.05, 4.69) is 15.0 Å². The summed E-state index contributed by atoms with van der Waals surface area (Å²) in [5.74, 6) is 0.444. The molecule has 0 atom stereocenters. The molecule has 0 saturated carbocycles. The van der Waals surface area contributed by atoms with Crippen LogP contribution in [0.1, 0.15) is 21.1 Å². The van der Waals surface area contributed by atoms with E-state index in [-0.39, 0.29) is 12.3 Å².